The summed E-state index contributed by atoms with van der Waals surface area (Å²) >= 11 is 6.07. The van der Waals surface area contributed by atoms with Crippen LogP contribution in [0.3, 0.4) is 0 Å². The predicted octanol–water partition coefficient (Wildman–Crippen LogP) is 5.25. The van der Waals surface area contributed by atoms with E-state index in [2.05, 4.69) is 10.6 Å². The molecule has 3 aromatic rings. The summed E-state index contributed by atoms with van der Waals surface area (Å²) in [4.78, 5) is 24.6. The van der Waals surface area contributed by atoms with Gasteiger partial charge in [-0.1, -0.05) is 54.1 Å². The monoisotopic (exact) mass is 406 g/mol. The molecule has 146 valence electrons. The molecule has 0 aliphatic rings. The molecule has 3 aromatic carbocycles. The van der Waals surface area contributed by atoms with Gasteiger partial charge in [-0.3, -0.25) is 9.59 Å². The van der Waals surface area contributed by atoms with Crippen LogP contribution < -0.4 is 15.4 Å². The number of halogens is 1. The van der Waals surface area contributed by atoms with Crippen LogP contribution >= 0.6 is 11.6 Å². The van der Waals surface area contributed by atoms with E-state index < -0.39 is 0 Å². The summed E-state index contributed by atoms with van der Waals surface area (Å²) in [6, 6.07) is 21.3. The number of rotatable bonds is 6. The number of hydrogen-bond acceptors (Lipinski definition) is 3. The Bertz CT molecular complexity index is 1050. The molecule has 0 radical (unpaired) electrons. The van der Waals surface area contributed by atoms with Gasteiger partial charge in [-0.2, -0.15) is 0 Å². The number of anilines is 2. The fourth-order valence-electron chi connectivity index (χ4n) is 2.63. The number of benzene rings is 3. The second kappa shape index (κ2) is 9.57. The average Bonchev–Trinajstić information content (AvgIpc) is 2.74. The van der Waals surface area contributed by atoms with Crippen molar-refractivity contribution < 1.29 is 14.3 Å². The van der Waals surface area contributed by atoms with Gasteiger partial charge in [-0.25, -0.2) is 0 Å². The second-order valence-corrected chi connectivity index (χ2v) is 6.49. The minimum Gasteiger partial charge on any atom is -0.494 e. The highest BCUT2D eigenvalue weighted by Gasteiger charge is 2.13. The van der Waals surface area contributed by atoms with E-state index in [1.165, 1.54) is 13.2 Å². The number of carbonyl (C=O) groups is 2. The first-order valence-corrected chi connectivity index (χ1v) is 9.22. The molecule has 29 heavy (non-hydrogen) atoms. The maximum absolute atomic E-state index is 12.5. The van der Waals surface area contributed by atoms with E-state index in [9.17, 15) is 9.59 Å². The van der Waals surface area contributed by atoms with E-state index in [0.717, 1.165) is 5.56 Å². The van der Waals surface area contributed by atoms with E-state index in [-0.39, 0.29) is 11.8 Å². The van der Waals surface area contributed by atoms with Crippen LogP contribution in [-0.4, -0.2) is 18.9 Å². The number of carbonyl (C=O) groups excluding carboxylic acids is 2. The lowest BCUT2D eigenvalue weighted by molar-refractivity contribution is -0.111. The highest BCUT2D eigenvalue weighted by molar-refractivity contribution is 6.34. The fourth-order valence-corrected chi connectivity index (χ4v) is 2.85. The van der Waals surface area contributed by atoms with E-state index in [4.69, 9.17) is 16.3 Å². The lowest BCUT2D eigenvalue weighted by atomic mass is 10.2. The first kappa shape index (κ1) is 20.2. The van der Waals surface area contributed by atoms with Gasteiger partial charge < -0.3 is 15.4 Å². The van der Waals surface area contributed by atoms with Gasteiger partial charge in [0.25, 0.3) is 5.91 Å². The van der Waals surface area contributed by atoms with Gasteiger partial charge in [0.15, 0.2) is 0 Å². The Morgan fingerprint density at radius 1 is 0.931 bits per heavy atom. The van der Waals surface area contributed by atoms with Crippen LogP contribution in [0, 0.1) is 0 Å². The number of amides is 2. The van der Waals surface area contributed by atoms with Crippen molar-refractivity contribution in [2.24, 2.45) is 0 Å². The summed E-state index contributed by atoms with van der Waals surface area (Å²) in [7, 11) is 1.49. The average molecular weight is 407 g/mol. The number of methoxy groups -OCH3 is 1. The standard InChI is InChI=1S/C23H19ClN2O3/c1-29-21-15-17(25-22(27)14-11-16-7-3-2-4-8-16)12-13-20(21)26-23(28)18-9-5-6-10-19(18)24/h2-15H,1H3,(H,25,27)(H,26,28)/b14-11+. The molecule has 2 amide bonds. The van der Waals surface area contributed by atoms with Crippen molar-refractivity contribution >= 4 is 40.9 Å². The minimum absolute atomic E-state index is 0.274. The lowest BCUT2D eigenvalue weighted by Crippen LogP contribution is -2.13. The molecule has 3 rings (SSSR count). The van der Waals surface area contributed by atoms with Gasteiger partial charge in [-0.05, 0) is 35.9 Å². The zero-order chi connectivity index (χ0) is 20.6. The molecule has 2 N–H and O–H groups in total. The van der Waals surface area contributed by atoms with E-state index in [0.29, 0.717) is 27.7 Å². The Morgan fingerprint density at radius 2 is 1.66 bits per heavy atom. The van der Waals surface area contributed by atoms with Gasteiger partial charge in [0, 0.05) is 17.8 Å². The van der Waals surface area contributed by atoms with Crippen LogP contribution in [0.2, 0.25) is 5.02 Å². The molecule has 0 saturated carbocycles. The van der Waals surface area contributed by atoms with E-state index in [1.807, 2.05) is 30.3 Å². The Labute approximate surface area is 174 Å². The van der Waals surface area contributed by atoms with Crippen molar-refractivity contribution in [1.82, 2.24) is 0 Å². The Morgan fingerprint density at radius 3 is 2.38 bits per heavy atom. The molecule has 0 saturated heterocycles. The van der Waals surface area contributed by atoms with Crippen molar-refractivity contribution in [3.8, 4) is 5.75 Å². The largest absolute Gasteiger partial charge is 0.494 e. The molecule has 0 aliphatic carbocycles. The molecule has 0 fully saturated rings. The van der Waals surface area contributed by atoms with Gasteiger partial charge in [0.1, 0.15) is 5.75 Å². The summed E-state index contributed by atoms with van der Waals surface area (Å²) in [5.74, 6) is -0.213. The smallest absolute Gasteiger partial charge is 0.257 e. The van der Waals surface area contributed by atoms with Crippen LogP contribution in [-0.2, 0) is 4.79 Å². The van der Waals surface area contributed by atoms with Crippen molar-refractivity contribution in [3.63, 3.8) is 0 Å². The third-order valence-electron chi connectivity index (χ3n) is 4.06. The van der Waals surface area contributed by atoms with E-state index >= 15 is 0 Å². The van der Waals surface area contributed by atoms with Crippen molar-refractivity contribution in [2.75, 3.05) is 17.7 Å². The second-order valence-electron chi connectivity index (χ2n) is 6.08. The molecule has 0 aromatic heterocycles. The van der Waals surface area contributed by atoms with Gasteiger partial charge in [0.2, 0.25) is 5.91 Å². The third-order valence-corrected chi connectivity index (χ3v) is 4.39. The van der Waals surface area contributed by atoms with Crippen LogP contribution in [0.15, 0.2) is 78.9 Å². The van der Waals surface area contributed by atoms with Crippen LogP contribution in [0.4, 0.5) is 11.4 Å². The molecular weight excluding hydrogens is 388 g/mol. The Hall–Kier alpha value is -3.57. The molecule has 6 heteroatoms. The Kier molecular flexibility index (Phi) is 6.66. The normalized spacial score (nSPS) is 10.6. The maximum atomic E-state index is 12.5. The minimum atomic E-state index is -0.350. The third kappa shape index (κ3) is 5.46. The zero-order valence-corrected chi connectivity index (χ0v) is 16.4. The van der Waals surface area contributed by atoms with Gasteiger partial charge in [0.05, 0.1) is 23.4 Å². The maximum Gasteiger partial charge on any atom is 0.257 e. The number of hydrogen-bond donors (Lipinski definition) is 2. The van der Waals surface area contributed by atoms with Crippen molar-refractivity contribution in [3.05, 3.63) is 95.0 Å². The van der Waals surface area contributed by atoms with Crippen LogP contribution in [0.25, 0.3) is 6.08 Å². The summed E-state index contributed by atoms with van der Waals surface area (Å²) in [5, 5.41) is 5.90. The predicted molar refractivity (Wildman–Crippen MR) is 117 cm³/mol. The zero-order valence-electron chi connectivity index (χ0n) is 15.7. The summed E-state index contributed by atoms with van der Waals surface area (Å²) < 4.78 is 5.35. The number of ether oxygens (including phenoxy) is 1. The van der Waals surface area contributed by atoms with Crippen molar-refractivity contribution in [2.45, 2.75) is 0 Å². The van der Waals surface area contributed by atoms with Crippen molar-refractivity contribution in [1.29, 1.82) is 0 Å². The first-order chi connectivity index (χ1) is 14.1. The summed E-state index contributed by atoms with van der Waals surface area (Å²) in [6.07, 6.45) is 3.18. The molecule has 0 bridgehead atoms. The number of nitrogens with one attached hydrogen (secondary N) is 2. The van der Waals surface area contributed by atoms with E-state index in [1.54, 1.807) is 48.5 Å². The molecule has 0 aliphatic heterocycles. The molecular formula is C23H19ClN2O3. The highest BCUT2D eigenvalue weighted by atomic mass is 35.5. The summed E-state index contributed by atoms with van der Waals surface area (Å²) in [5.41, 5.74) is 2.30. The van der Waals surface area contributed by atoms with Gasteiger partial charge in [-0.15, -0.1) is 0 Å². The molecule has 0 unspecified atom stereocenters. The first-order valence-electron chi connectivity index (χ1n) is 8.85. The molecule has 0 heterocycles. The topological polar surface area (TPSA) is 67.4 Å². The van der Waals surface area contributed by atoms with Gasteiger partial charge >= 0.3 is 0 Å². The highest BCUT2D eigenvalue weighted by Crippen LogP contribution is 2.29. The van der Waals surface area contributed by atoms with Crippen LogP contribution in [0.5, 0.6) is 5.75 Å². The fraction of sp³-hybridized carbons (Fsp3) is 0.0435. The molecule has 0 spiro atoms. The SMILES string of the molecule is COc1cc(NC(=O)/C=C/c2ccccc2)ccc1NC(=O)c1ccccc1Cl. The van der Waals surface area contributed by atoms with Crippen LogP contribution in [0.1, 0.15) is 15.9 Å². The quantitative estimate of drug-likeness (QED) is 0.549. The molecule has 0 atom stereocenters. The summed E-state index contributed by atoms with van der Waals surface area (Å²) in [6.45, 7) is 0. The Balaban J connectivity index is 1.70. The molecule has 5 nitrogen and oxygen atoms in total. The lowest BCUT2D eigenvalue weighted by Gasteiger charge is -2.13.